The minimum atomic E-state index is -0.192. The Labute approximate surface area is 161 Å². The number of nitrogens with one attached hydrogen (secondary N) is 1. The highest BCUT2D eigenvalue weighted by Crippen LogP contribution is 2.28. The Balaban J connectivity index is 1.33. The van der Waals surface area contributed by atoms with Gasteiger partial charge >= 0.3 is 0 Å². The lowest BCUT2D eigenvalue weighted by Gasteiger charge is -2.34. The van der Waals surface area contributed by atoms with E-state index in [-0.39, 0.29) is 11.5 Å². The Morgan fingerprint density at radius 2 is 1.74 bits per heavy atom. The average Bonchev–Trinajstić information content (AvgIpc) is 3.18. The summed E-state index contributed by atoms with van der Waals surface area (Å²) in [6.07, 6.45) is 1.49. The van der Waals surface area contributed by atoms with Gasteiger partial charge in [0, 0.05) is 54.7 Å². The van der Waals surface area contributed by atoms with Crippen molar-refractivity contribution in [2.75, 3.05) is 26.2 Å². The second kappa shape index (κ2) is 7.90. The first-order valence-electron chi connectivity index (χ1n) is 9.03. The number of carbonyl (C=O) groups is 1. The zero-order valence-electron chi connectivity index (χ0n) is 14.9. The number of hydrogen-bond donors (Lipinski definition) is 1. The normalized spacial score (nSPS) is 15.0. The topological polar surface area (TPSA) is 56.4 Å². The average molecular weight is 379 g/mol. The fraction of sp³-hybridized carbons (Fsp3) is 0.238. The highest BCUT2D eigenvalue weighted by atomic mass is 32.1. The Morgan fingerprint density at radius 3 is 2.44 bits per heavy atom. The van der Waals surface area contributed by atoms with Crippen LogP contribution in [0, 0.1) is 0 Å². The van der Waals surface area contributed by atoms with Crippen molar-refractivity contribution in [2.24, 2.45) is 0 Å². The monoisotopic (exact) mass is 379 g/mol. The first-order chi connectivity index (χ1) is 13.2. The Hall–Kier alpha value is -2.70. The number of H-pyrrole nitrogens is 1. The van der Waals surface area contributed by atoms with Crippen LogP contribution in [0.25, 0.3) is 10.4 Å². The zero-order valence-corrected chi connectivity index (χ0v) is 15.7. The third-order valence-corrected chi connectivity index (χ3v) is 5.91. The van der Waals surface area contributed by atoms with E-state index < -0.39 is 0 Å². The summed E-state index contributed by atoms with van der Waals surface area (Å²) in [5.41, 5.74) is 1.60. The molecule has 0 saturated carbocycles. The van der Waals surface area contributed by atoms with E-state index >= 15 is 0 Å². The first-order valence-corrected chi connectivity index (χ1v) is 9.85. The molecule has 4 rings (SSSR count). The van der Waals surface area contributed by atoms with Gasteiger partial charge in [-0.2, -0.15) is 0 Å². The van der Waals surface area contributed by atoms with Gasteiger partial charge in [0.15, 0.2) is 0 Å². The minimum absolute atomic E-state index is 0.0200. The second-order valence-electron chi connectivity index (χ2n) is 6.64. The number of aromatic amines is 1. The van der Waals surface area contributed by atoms with Gasteiger partial charge in [0.1, 0.15) is 0 Å². The Bertz CT molecular complexity index is 952. The summed E-state index contributed by atoms with van der Waals surface area (Å²) in [5, 5.41) is 0. The highest BCUT2D eigenvalue weighted by Gasteiger charge is 2.22. The SMILES string of the molecule is O=C(c1ccc(=O)[nH]c1)N1CCN(Cc2ccc(-c3ccccc3)s2)CC1. The lowest BCUT2D eigenvalue weighted by atomic mass is 10.2. The molecule has 1 saturated heterocycles. The molecule has 3 heterocycles. The third-order valence-electron chi connectivity index (χ3n) is 4.79. The van der Waals surface area contributed by atoms with Crippen LogP contribution in [-0.4, -0.2) is 46.9 Å². The van der Waals surface area contributed by atoms with Crippen molar-refractivity contribution in [1.82, 2.24) is 14.8 Å². The molecule has 27 heavy (non-hydrogen) atoms. The van der Waals surface area contributed by atoms with Crippen LogP contribution in [-0.2, 0) is 6.54 Å². The number of pyridine rings is 1. The maximum atomic E-state index is 12.5. The predicted molar refractivity (Wildman–Crippen MR) is 108 cm³/mol. The summed E-state index contributed by atoms with van der Waals surface area (Å²) in [6, 6.07) is 17.8. The van der Waals surface area contributed by atoms with Crippen LogP contribution in [0.4, 0.5) is 0 Å². The van der Waals surface area contributed by atoms with Gasteiger partial charge in [-0.3, -0.25) is 14.5 Å². The quantitative estimate of drug-likeness (QED) is 0.758. The van der Waals surface area contributed by atoms with Crippen molar-refractivity contribution in [3.8, 4) is 10.4 Å². The lowest BCUT2D eigenvalue weighted by molar-refractivity contribution is 0.0629. The molecule has 1 N–H and O–H groups in total. The van der Waals surface area contributed by atoms with Crippen molar-refractivity contribution in [1.29, 1.82) is 0 Å². The molecule has 3 aromatic rings. The van der Waals surface area contributed by atoms with Crippen LogP contribution in [0.1, 0.15) is 15.2 Å². The van der Waals surface area contributed by atoms with Gasteiger partial charge in [-0.15, -0.1) is 11.3 Å². The van der Waals surface area contributed by atoms with E-state index in [4.69, 9.17) is 0 Å². The molecule has 0 aliphatic carbocycles. The van der Waals surface area contributed by atoms with E-state index in [1.807, 2.05) is 22.3 Å². The van der Waals surface area contributed by atoms with Gasteiger partial charge in [0.25, 0.3) is 5.91 Å². The van der Waals surface area contributed by atoms with E-state index in [2.05, 4.69) is 46.3 Å². The zero-order chi connectivity index (χ0) is 18.6. The number of benzene rings is 1. The standard InChI is InChI=1S/C21H21N3O2S/c25-20-9-6-17(14-22-20)21(26)24-12-10-23(11-13-24)15-18-7-8-19(27-18)16-4-2-1-3-5-16/h1-9,14H,10-13,15H2,(H,22,25). The Morgan fingerprint density at radius 1 is 0.963 bits per heavy atom. The number of piperazine rings is 1. The molecule has 2 aromatic heterocycles. The van der Waals surface area contributed by atoms with Crippen molar-refractivity contribution < 1.29 is 4.79 Å². The van der Waals surface area contributed by atoms with Crippen molar-refractivity contribution >= 4 is 17.2 Å². The molecule has 0 atom stereocenters. The van der Waals surface area contributed by atoms with Crippen LogP contribution >= 0.6 is 11.3 Å². The fourth-order valence-corrected chi connectivity index (χ4v) is 4.33. The molecule has 0 unspecified atom stereocenters. The summed E-state index contributed by atoms with van der Waals surface area (Å²) in [5.74, 6) is -0.0200. The molecule has 0 spiro atoms. The van der Waals surface area contributed by atoms with Gasteiger partial charge in [-0.1, -0.05) is 30.3 Å². The smallest absolute Gasteiger partial charge is 0.255 e. The summed E-state index contributed by atoms with van der Waals surface area (Å²) in [6.45, 7) is 4.03. The van der Waals surface area contributed by atoms with Crippen LogP contribution in [0.15, 0.2) is 65.6 Å². The van der Waals surface area contributed by atoms with Crippen molar-refractivity contribution in [2.45, 2.75) is 6.54 Å². The molecule has 0 radical (unpaired) electrons. The number of thiophene rings is 1. The Kier molecular flexibility index (Phi) is 5.18. The molecule has 138 valence electrons. The molecular formula is C21H21N3O2S. The van der Waals surface area contributed by atoms with Gasteiger partial charge < -0.3 is 9.88 Å². The molecule has 1 aliphatic heterocycles. The van der Waals surface area contributed by atoms with Crippen molar-refractivity contribution in [3.63, 3.8) is 0 Å². The number of carbonyl (C=O) groups excluding carboxylic acids is 1. The molecule has 1 fully saturated rings. The van der Waals surface area contributed by atoms with Gasteiger partial charge in [-0.25, -0.2) is 0 Å². The van der Waals surface area contributed by atoms with Gasteiger partial charge in [-0.05, 0) is 23.8 Å². The number of aromatic nitrogens is 1. The predicted octanol–water partition coefficient (Wildman–Crippen LogP) is 3.06. The number of amides is 1. The second-order valence-corrected chi connectivity index (χ2v) is 7.81. The number of rotatable bonds is 4. The third kappa shape index (κ3) is 4.18. The van der Waals surface area contributed by atoms with E-state index in [1.165, 1.54) is 27.6 Å². The summed E-state index contributed by atoms with van der Waals surface area (Å²) >= 11 is 1.83. The van der Waals surface area contributed by atoms with E-state index in [0.29, 0.717) is 18.7 Å². The first kappa shape index (κ1) is 17.7. The molecule has 1 aliphatic rings. The van der Waals surface area contributed by atoms with Gasteiger partial charge in [0.2, 0.25) is 5.56 Å². The summed E-state index contributed by atoms with van der Waals surface area (Å²) in [4.78, 5) is 33.1. The van der Waals surface area contributed by atoms with Crippen molar-refractivity contribution in [3.05, 3.63) is 81.6 Å². The van der Waals surface area contributed by atoms with Crippen LogP contribution < -0.4 is 5.56 Å². The molecule has 6 heteroatoms. The summed E-state index contributed by atoms with van der Waals surface area (Å²) in [7, 11) is 0. The van der Waals surface area contributed by atoms with Crippen LogP contribution in [0.3, 0.4) is 0 Å². The summed E-state index contributed by atoms with van der Waals surface area (Å²) < 4.78 is 0. The fourth-order valence-electron chi connectivity index (χ4n) is 3.28. The number of hydrogen-bond acceptors (Lipinski definition) is 4. The molecule has 1 aromatic carbocycles. The number of nitrogens with zero attached hydrogens (tertiary/aromatic N) is 2. The maximum absolute atomic E-state index is 12.5. The molecular weight excluding hydrogens is 358 g/mol. The molecule has 5 nitrogen and oxygen atoms in total. The van der Waals surface area contributed by atoms with Gasteiger partial charge in [0.05, 0.1) is 5.56 Å². The largest absolute Gasteiger partial charge is 0.336 e. The highest BCUT2D eigenvalue weighted by molar-refractivity contribution is 7.15. The molecule has 1 amide bonds. The minimum Gasteiger partial charge on any atom is -0.336 e. The van der Waals surface area contributed by atoms with E-state index in [1.54, 1.807) is 6.07 Å². The van der Waals surface area contributed by atoms with Crippen LogP contribution in [0.2, 0.25) is 0 Å². The van der Waals surface area contributed by atoms with E-state index in [0.717, 1.165) is 19.6 Å². The lowest BCUT2D eigenvalue weighted by Crippen LogP contribution is -2.48. The molecule has 0 bridgehead atoms. The van der Waals surface area contributed by atoms with E-state index in [9.17, 15) is 9.59 Å². The maximum Gasteiger partial charge on any atom is 0.255 e. The van der Waals surface area contributed by atoms with Crippen LogP contribution in [0.5, 0.6) is 0 Å².